The van der Waals surface area contributed by atoms with Gasteiger partial charge in [0.1, 0.15) is 12.4 Å². The number of halogens is 1. The molecule has 1 N–H and O–H groups in total. The lowest BCUT2D eigenvalue weighted by Gasteiger charge is -2.41. The Bertz CT molecular complexity index is 1240. The van der Waals surface area contributed by atoms with E-state index in [-0.39, 0.29) is 29.1 Å². The lowest BCUT2D eigenvalue weighted by atomic mass is 9.72. The molecule has 218 valence electrons. The molecule has 0 fully saturated rings. The molecule has 0 spiro atoms. The maximum absolute atomic E-state index is 15.1. The smallest absolute Gasteiger partial charge is 0.165 e. The summed E-state index contributed by atoms with van der Waals surface area (Å²) in [6.45, 7) is 8.06. The molecule has 0 saturated heterocycles. The molecule has 6 nitrogen and oxygen atoms in total. The lowest BCUT2D eigenvalue weighted by molar-refractivity contribution is 0.111. The van der Waals surface area contributed by atoms with Crippen LogP contribution in [0, 0.1) is 17.7 Å². The molecule has 0 heterocycles. The molecule has 2 aromatic rings. The van der Waals surface area contributed by atoms with Crippen molar-refractivity contribution in [2.45, 2.75) is 58.2 Å². The van der Waals surface area contributed by atoms with E-state index in [0.29, 0.717) is 24.8 Å². The van der Waals surface area contributed by atoms with E-state index in [1.807, 2.05) is 26.2 Å². The zero-order valence-corrected chi connectivity index (χ0v) is 25.0. The second kappa shape index (κ2) is 12.6. The Balaban J connectivity index is 1.56. The van der Waals surface area contributed by atoms with Crippen molar-refractivity contribution in [3.63, 3.8) is 0 Å². The molecule has 40 heavy (non-hydrogen) atoms. The molecule has 2 aliphatic rings. The van der Waals surface area contributed by atoms with E-state index in [1.54, 1.807) is 32.4 Å². The van der Waals surface area contributed by atoms with Crippen molar-refractivity contribution in [3.8, 4) is 11.5 Å². The molecule has 2 aromatic carbocycles. The summed E-state index contributed by atoms with van der Waals surface area (Å²) in [6, 6.07) is 11.1. The number of benzene rings is 2. The first-order chi connectivity index (χ1) is 19.1. The Morgan fingerprint density at radius 3 is 2.38 bits per heavy atom. The third-order valence-corrected chi connectivity index (χ3v) is 8.75. The van der Waals surface area contributed by atoms with E-state index >= 15 is 4.39 Å². The fraction of sp³-hybridized carbons (Fsp3) is 0.515. The molecule has 2 unspecified atom stereocenters. The van der Waals surface area contributed by atoms with Gasteiger partial charge in [0.05, 0.1) is 14.2 Å². The highest BCUT2D eigenvalue weighted by atomic mass is 19.1. The predicted molar refractivity (Wildman–Crippen MR) is 157 cm³/mol. The van der Waals surface area contributed by atoms with Crippen LogP contribution in [0.25, 0.3) is 0 Å². The van der Waals surface area contributed by atoms with Crippen molar-refractivity contribution in [2.75, 3.05) is 41.5 Å². The molecular formula is C33H45FN2O4. The Kier molecular flexibility index (Phi) is 9.47. The Hall–Kier alpha value is -3.03. The highest BCUT2D eigenvalue weighted by Gasteiger charge is 2.37. The van der Waals surface area contributed by atoms with Gasteiger partial charge in [-0.2, -0.15) is 0 Å². The van der Waals surface area contributed by atoms with Crippen LogP contribution >= 0.6 is 0 Å². The second-order valence-corrected chi connectivity index (χ2v) is 11.8. The minimum Gasteiger partial charge on any atom is -0.508 e. The first-order valence-electron chi connectivity index (χ1n) is 14.2. The van der Waals surface area contributed by atoms with Crippen molar-refractivity contribution in [3.05, 3.63) is 82.6 Å². The van der Waals surface area contributed by atoms with Crippen LogP contribution in [0.15, 0.2) is 60.1 Å². The van der Waals surface area contributed by atoms with Crippen molar-refractivity contribution in [1.29, 1.82) is 0 Å². The number of methoxy groups -OCH3 is 2. The summed E-state index contributed by atoms with van der Waals surface area (Å²) >= 11 is 0. The number of rotatable bonds is 11. The molecule has 4 rings (SSSR count). The van der Waals surface area contributed by atoms with Gasteiger partial charge in [0.2, 0.25) is 0 Å². The lowest BCUT2D eigenvalue weighted by Crippen LogP contribution is -2.44. The summed E-state index contributed by atoms with van der Waals surface area (Å²) in [6.07, 6.45) is 7.26. The van der Waals surface area contributed by atoms with Gasteiger partial charge in [-0.25, -0.2) is 4.39 Å². The number of ether oxygens (including phenoxy) is 3. The van der Waals surface area contributed by atoms with Gasteiger partial charge in [0, 0.05) is 24.0 Å². The number of hydrogen-bond acceptors (Lipinski definition) is 6. The van der Waals surface area contributed by atoms with Gasteiger partial charge in [0.15, 0.2) is 23.1 Å². The van der Waals surface area contributed by atoms with Gasteiger partial charge in [-0.05, 0) is 113 Å². The number of phenolic OH excluding ortho intramolecular Hbond substituents is 1. The highest BCUT2D eigenvalue weighted by molar-refractivity contribution is 5.38. The first-order valence-corrected chi connectivity index (χ1v) is 14.2. The molecule has 0 bridgehead atoms. The highest BCUT2D eigenvalue weighted by Crippen LogP contribution is 2.40. The van der Waals surface area contributed by atoms with Crippen LogP contribution in [0.1, 0.15) is 43.9 Å². The van der Waals surface area contributed by atoms with Crippen LogP contribution in [0.5, 0.6) is 11.5 Å². The van der Waals surface area contributed by atoms with Crippen molar-refractivity contribution in [2.24, 2.45) is 11.8 Å². The topological polar surface area (TPSA) is 54.4 Å². The van der Waals surface area contributed by atoms with Crippen molar-refractivity contribution in [1.82, 2.24) is 9.80 Å². The maximum atomic E-state index is 15.1. The molecule has 3 atom stereocenters. The molecule has 0 aromatic heterocycles. The second-order valence-electron chi connectivity index (χ2n) is 11.8. The number of aryl methyl sites for hydroxylation is 1. The largest absolute Gasteiger partial charge is 0.508 e. The van der Waals surface area contributed by atoms with Crippen LogP contribution in [-0.4, -0.2) is 68.0 Å². The standard InChI is InChI=1S/C33H45FN2O4/c1-8-36(20-22-9-14-30(28(34)15-22)40-21-33(2,3)35(4)5)29-19-32(39-7)31(38-6)18-27(29)25-11-10-24-17-26(37)13-12-23(24)16-25/h9,12-15,17-19,25,27,29,37H,8,10-11,16,20-21H2,1-7H3/t25-,27?,29?/m1/s1. The number of nitrogens with zero attached hydrogens (tertiary/aromatic N) is 2. The van der Waals surface area contributed by atoms with E-state index in [9.17, 15) is 5.11 Å². The third kappa shape index (κ3) is 6.64. The normalized spacial score (nSPS) is 21.1. The monoisotopic (exact) mass is 552 g/mol. The first kappa shape index (κ1) is 29.9. The average molecular weight is 553 g/mol. The maximum Gasteiger partial charge on any atom is 0.165 e. The quantitative estimate of drug-likeness (QED) is 0.373. The number of phenols is 1. The summed E-state index contributed by atoms with van der Waals surface area (Å²) in [4.78, 5) is 4.45. The Morgan fingerprint density at radius 1 is 1.00 bits per heavy atom. The fourth-order valence-corrected chi connectivity index (χ4v) is 5.71. The average Bonchev–Trinajstić information content (AvgIpc) is 2.94. The van der Waals surface area contributed by atoms with Crippen LogP contribution in [0.3, 0.4) is 0 Å². The van der Waals surface area contributed by atoms with E-state index in [1.165, 1.54) is 11.1 Å². The summed E-state index contributed by atoms with van der Waals surface area (Å²) in [5, 5.41) is 9.95. The van der Waals surface area contributed by atoms with E-state index in [2.05, 4.69) is 48.8 Å². The Labute approximate surface area is 239 Å². The molecular weight excluding hydrogens is 507 g/mol. The minimum atomic E-state index is -0.342. The zero-order valence-electron chi connectivity index (χ0n) is 25.0. The fourth-order valence-electron chi connectivity index (χ4n) is 5.71. The summed E-state index contributed by atoms with van der Waals surface area (Å²) in [5.74, 6) is 2.32. The molecule has 7 heteroatoms. The van der Waals surface area contributed by atoms with E-state index < -0.39 is 0 Å². The molecule has 0 radical (unpaired) electrons. The number of likely N-dealkylation sites (N-methyl/N-ethyl adjacent to an activating group) is 2. The van der Waals surface area contributed by atoms with Crippen LogP contribution in [0.2, 0.25) is 0 Å². The van der Waals surface area contributed by atoms with Crippen LogP contribution < -0.4 is 4.74 Å². The van der Waals surface area contributed by atoms with E-state index in [0.717, 1.165) is 42.9 Å². The SMILES string of the molecule is CCN(Cc1ccc(OCC(C)(C)N(C)C)c(F)c1)C1C=C(OC)C(OC)=CC1[C@@H]1CCc2cc(O)ccc2C1. The van der Waals surface area contributed by atoms with Gasteiger partial charge in [-0.15, -0.1) is 0 Å². The van der Waals surface area contributed by atoms with Gasteiger partial charge < -0.3 is 24.2 Å². The summed E-state index contributed by atoms with van der Waals surface area (Å²) in [5.41, 5.74) is 3.21. The van der Waals surface area contributed by atoms with Crippen molar-refractivity contribution >= 4 is 0 Å². The number of aromatic hydroxyl groups is 1. The van der Waals surface area contributed by atoms with Gasteiger partial charge in [0.25, 0.3) is 0 Å². The van der Waals surface area contributed by atoms with E-state index in [4.69, 9.17) is 14.2 Å². The number of hydrogen-bond donors (Lipinski definition) is 1. The van der Waals surface area contributed by atoms with Gasteiger partial charge in [-0.1, -0.05) is 19.1 Å². The predicted octanol–water partition coefficient (Wildman–Crippen LogP) is 5.94. The van der Waals surface area contributed by atoms with Crippen LogP contribution in [0.4, 0.5) is 4.39 Å². The van der Waals surface area contributed by atoms with Crippen molar-refractivity contribution < 1.29 is 23.7 Å². The third-order valence-electron chi connectivity index (χ3n) is 8.75. The summed E-state index contributed by atoms with van der Waals surface area (Å²) in [7, 11) is 7.33. The number of fused-ring (bicyclic) bond motifs is 1. The molecule has 2 aliphatic carbocycles. The van der Waals surface area contributed by atoms with Crippen LogP contribution in [-0.2, 0) is 28.9 Å². The Morgan fingerprint density at radius 2 is 1.73 bits per heavy atom. The molecule has 0 amide bonds. The van der Waals surface area contributed by atoms with Gasteiger partial charge >= 0.3 is 0 Å². The zero-order chi connectivity index (χ0) is 29.0. The molecule has 0 aliphatic heterocycles. The van der Waals surface area contributed by atoms with Gasteiger partial charge in [-0.3, -0.25) is 4.90 Å². The minimum absolute atomic E-state index is 0.0578. The molecule has 0 saturated carbocycles. The summed E-state index contributed by atoms with van der Waals surface area (Å²) < 4.78 is 32.4.